The van der Waals surface area contributed by atoms with Gasteiger partial charge in [-0.1, -0.05) is 6.58 Å². The molecule has 0 saturated carbocycles. The van der Waals surface area contributed by atoms with Gasteiger partial charge in [0.05, 0.1) is 5.35 Å². The highest BCUT2D eigenvalue weighted by molar-refractivity contribution is 5.33. The minimum atomic E-state index is 0.367. The lowest BCUT2D eigenvalue weighted by molar-refractivity contribution is 1.11. The average Bonchev–Trinajstić information content (AvgIpc) is 1.95. The predicted molar refractivity (Wildman–Crippen MR) is 39.9 cm³/mol. The number of hydrogen-bond acceptors (Lipinski definition) is 4. The average molecular weight is 136 g/mol. The van der Waals surface area contributed by atoms with Crippen molar-refractivity contribution in [1.82, 2.24) is 9.97 Å². The Morgan fingerprint density at radius 2 is 2.20 bits per heavy atom. The Morgan fingerprint density at radius 3 is 2.70 bits per heavy atom. The van der Waals surface area contributed by atoms with Crippen molar-refractivity contribution in [3.05, 3.63) is 16.9 Å². The highest BCUT2D eigenvalue weighted by Gasteiger charge is 1.87. The molecule has 0 radical (unpaired) electrons. The van der Waals surface area contributed by atoms with Crippen LogP contribution in [0.4, 0.5) is 5.82 Å². The Kier molecular flexibility index (Phi) is 1.53. The molecule has 0 aliphatic rings. The van der Waals surface area contributed by atoms with Gasteiger partial charge in [0, 0.05) is 11.4 Å². The first-order chi connectivity index (χ1) is 4.75. The van der Waals surface area contributed by atoms with Gasteiger partial charge in [-0.3, -0.25) is 0 Å². The lowest BCUT2D eigenvalue weighted by atomic mass is 10.4. The third kappa shape index (κ3) is 0.907. The summed E-state index contributed by atoms with van der Waals surface area (Å²) in [6.07, 6.45) is 2.70. The summed E-state index contributed by atoms with van der Waals surface area (Å²) in [6.45, 7) is 3.63. The predicted octanol–water partition coefficient (Wildman–Crippen LogP) is -1.83. The zero-order valence-corrected chi connectivity index (χ0v) is 5.41. The molecule has 0 saturated heterocycles. The highest BCUT2D eigenvalue weighted by atomic mass is 14.9. The molecule has 0 bridgehead atoms. The molecule has 0 fully saturated rings. The van der Waals surface area contributed by atoms with E-state index in [9.17, 15) is 0 Å². The van der Waals surface area contributed by atoms with E-state index in [0.717, 1.165) is 0 Å². The van der Waals surface area contributed by atoms with Gasteiger partial charge < -0.3 is 11.5 Å². The van der Waals surface area contributed by atoms with Crippen molar-refractivity contribution in [1.29, 1.82) is 0 Å². The van der Waals surface area contributed by atoms with Gasteiger partial charge in [-0.05, 0) is 0 Å². The molecule has 0 aliphatic heterocycles. The maximum absolute atomic E-state index is 5.41. The molecule has 0 atom stereocenters. The fourth-order valence-corrected chi connectivity index (χ4v) is 0.584. The van der Waals surface area contributed by atoms with Crippen molar-refractivity contribution in [2.24, 2.45) is 5.73 Å². The lowest BCUT2D eigenvalue weighted by Crippen LogP contribution is -2.31. The number of nitrogens with zero attached hydrogens (tertiary/aromatic N) is 2. The first kappa shape index (κ1) is 6.54. The molecule has 0 amide bonds. The molecule has 0 aromatic carbocycles. The smallest absolute Gasteiger partial charge is 0.134 e. The number of aromatic nitrogens is 2. The van der Waals surface area contributed by atoms with Crippen LogP contribution in [0.15, 0.2) is 6.33 Å². The Balaban J connectivity index is 3.60. The number of rotatable bonds is 0. The van der Waals surface area contributed by atoms with Gasteiger partial charge >= 0.3 is 0 Å². The SMILES string of the molecule is C=c1c(N)ncn/c1=C/N. The van der Waals surface area contributed by atoms with Crippen molar-refractivity contribution in [3.8, 4) is 0 Å². The summed E-state index contributed by atoms with van der Waals surface area (Å²) in [7, 11) is 0. The Hall–Kier alpha value is -1.58. The lowest BCUT2D eigenvalue weighted by Gasteiger charge is -1.89. The van der Waals surface area contributed by atoms with E-state index in [1.54, 1.807) is 0 Å². The Bertz CT molecular complexity index is 330. The van der Waals surface area contributed by atoms with Crippen LogP contribution in [0.3, 0.4) is 0 Å². The fourth-order valence-electron chi connectivity index (χ4n) is 0.584. The molecule has 1 aromatic heterocycles. The van der Waals surface area contributed by atoms with Crippen molar-refractivity contribution in [3.63, 3.8) is 0 Å². The second-order valence-corrected chi connectivity index (χ2v) is 1.79. The first-order valence-corrected chi connectivity index (χ1v) is 2.73. The van der Waals surface area contributed by atoms with Crippen molar-refractivity contribution in [2.45, 2.75) is 0 Å². The van der Waals surface area contributed by atoms with Gasteiger partial charge in [0.15, 0.2) is 0 Å². The molecule has 1 aromatic rings. The number of nitrogen functional groups attached to an aromatic ring is 1. The molecular formula is C6H8N4. The van der Waals surface area contributed by atoms with Crippen LogP contribution in [0.1, 0.15) is 0 Å². The molecule has 52 valence electrons. The van der Waals surface area contributed by atoms with Crippen LogP contribution in [-0.2, 0) is 0 Å². The van der Waals surface area contributed by atoms with E-state index in [-0.39, 0.29) is 0 Å². The maximum atomic E-state index is 5.41. The molecule has 0 unspecified atom stereocenters. The summed E-state index contributed by atoms with van der Waals surface area (Å²) in [5.74, 6) is 0.367. The van der Waals surface area contributed by atoms with E-state index in [1.165, 1.54) is 12.5 Å². The minimum absolute atomic E-state index is 0.367. The van der Waals surface area contributed by atoms with Crippen LogP contribution in [0.2, 0.25) is 0 Å². The molecule has 1 rings (SSSR count). The van der Waals surface area contributed by atoms with Crippen LogP contribution in [0.5, 0.6) is 0 Å². The standard InChI is InChI=1S/C6H8N4/c1-4-5(2-7)9-3-10-6(4)8/h2-3H,1,7H2,(H2,8,9,10)/b5-2+. The quantitative estimate of drug-likeness (QED) is 0.439. The molecular weight excluding hydrogens is 128 g/mol. The highest BCUT2D eigenvalue weighted by Crippen LogP contribution is 1.72. The molecule has 1 heterocycles. The Morgan fingerprint density at radius 1 is 1.50 bits per heavy atom. The molecule has 4 nitrogen and oxygen atoms in total. The van der Waals surface area contributed by atoms with Crippen molar-refractivity contribution in [2.75, 3.05) is 5.73 Å². The van der Waals surface area contributed by atoms with Crippen LogP contribution in [-0.4, -0.2) is 9.97 Å². The van der Waals surface area contributed by atoms with Gasteiger partial charge in [-0.15, -0.1) is 0 Å². The van der Waals surface area contributed by atoms with Crippen molar-refractivity contribution < 1.29 is 0 Å². The molecule has 4 N–H and O–H groups in total. The fraction of sp³-hybridized carbons (Fsp3) is 0. The third-order valence-electron chi connectivity index (χ3n) is 1.17. The second-order valence-electron chi connectivity index (χ2n) is 1.79. The molecule has 10 heavy (non-hydrogen) atoms. The summed E-state index contributed by atoms with van der Waals surface area (Å²) in [6, 6.07) is 0. The second kappa shape index (κ2) is 2.34. The van der Waals surface area contributed by atoms with Gasteiger partial charge in [0.1, 0.15) is 12.1 Å². The van der Waals surface area contributed by atoms with Crippen LogP contribution in [0.25, 0.3) is 12.8 Å². The van der Waals surface area contributed by atoms with Gasteiger partial charge in [-0.25, -0.2) is 9.97 Å². The molecule has 0 spiro atoms. The van der Waals surface area contributed by atoms with Crippen molar-refractivity contribution >= 4 is 18.6 Å². The van der Waals surface area contributed by atoms with Gasteiger partial charge in [-0.2, -0.15) is 0 Å². The molecule has 4 heteroatoms. The summed E-state index contributed by atoms with van der Waals surface area (Å²) in [5.41, 5.74) is 10.6. The van der Waals surface area contributed by atoms with E-state index in [1.807, 2.05) is 0 Å². The van der Waals surface area contributed by atoms with E-state index in [4.69, 9.17) is 11.5 Å². The summed E-state index contributed by atoms with van der Waals surface area (Å²) >= 11 is 0. The summed E-state index contributed by atoms with van der Waals surface area (Å²) < 4.78 is 0. The van der Waals surface area contributed by atoms with Gasteiger partial charge in [0.25, 0.3) is 0 Å². The normalized spacial score (nSPS) is 11.8. The first-order valence-electron chi connectivity index (χ1n) is 2.73. The third-order valence-corrected chi connectivity index (χ3v) is 1.17. The zero-order valence-electron chi connectivity index (χ0n) is 5.41. The van der Waals surface area contributed by atoms with E-state index in [2.05, 4.69) is 16.5 Å². The minimum Gasteiger partial charge on any atom is -0.403 e. The zero-order chi connectivity index (χ0) is 7.56. The van der Waals surface area contributed by atoms with E-state index in [0.29, 0.717) is 16.4 Å². The van der Waals surface area contributed by atoms with E-state index >= 15 is 0 Å². The van der Waals surface area contributed by atoms with E-state index < -0.39 is 0 Å². The number of anilines is 1. The van der Waals surface area contributed by atoms with Crippen LogP contribution < -0.4 is 22.0 Å². The van der Waals surface area contributed by atoms with Gasteiger partial charge in [0.2, 0.25) is 0 Å². The monoisotopic (exact) mass is 136 g/mol. The number of hydrogen-bond donors (Lipinski definition) is 2. The summed E-state index contributed by atoms with van der Waals surface area (Å²) in [5, 5.41) is 1.15. The largest absolute Gasteiger partial charge is 0.403 e. The maximum Gasteiger partial charge on any atom is 0.134 e. The summed E-state index contributed by atoms with van der Waals surface area (Å²) in [4.78, 5) is 7.54. The van der Waals surface area contributed by atoms with Crippen LogP contribution in [0, 0.1) is 0 Å². The van der Waals surface area contributed by atoms with Crippen LogP contribution >= 0.6 is 0 Å². The Labute approximate surface area is 57.9 Å². The number of nitrogens with two attached hydrogens (primary N) is 2. The topological polar surface area (TPSA) is 77.8 Å². The molecule has 0 aliphatic carbocycles.